The number of pyridine rings is 1. The van der Waals surface area contributed by atoms with Crippen LogP contribution >= 0.6 is 24.0 Å². The number of carbonyl (C=O) groups excluding carboxylic acids is 1. The van der Waals surface area contributed by atoms with E-state index < -0.39 is 0 Å². The van der Waals surface area contributed by atoms with Gasteiger partial charge in [-0.25, -0.2) is 0 Å². The van der Waals surface area contributed by atoms with Crippen molar-refractivity contribution in [3.05, 3.63) is 55.7 Å². The van der Waals surface area contributed by atoms with Gasteiger partial charge in [0, 0.05) is 25.2 Å². The van der Waals surface area contributed by atoms with E-state index in [-0.39, 0.29) is 23.8 Å². The lowest BCUT2D eigenvalue weighted by Crippen LogP contribution is -2.40. The summed E-state index contributed by atoms with van der Waals surface area (Å²) in [4.78, 5) is 31.5. The van der Waals surface area contributed by atoms with Crippen LogP contribution in [0, 0.1) is 24.2 Å². The standard InChI is InChI=1S/C29H32N4O4S2/c1-4-5-11-32-26(31-10-6-7-18(2)15-31)21(19(3)22(14-30)27(32)34)13-25-28(35)33(29(38)39-25)16-20-8-9-23-24(12-20)37-17-36-23/h8-9,12-13,18H,4-7,10-11,15-17H2,1-3H3/b25-13-. The first-order valence-electron chi connectivity index (χ1n) is 13.4. The largest absolute Gasteiger partial charge is 0.454 e. The number of aromatic nitrogens is 1. The lowest BCUT2D eigenvalue weighted by molar-refractivity contribution is -0.122. The summed E-state index contributed by atoms with van der Waals surface area (Å²) in [6, 6.07) is 7.74. The first kappa shape index (κ1) is 27.3. The van der Waals surface area contributed by atoms with E-state index in [4.69, 9.17) is 21.7 Å². The maximum atomic E-state index is 13.6. The second-order valence-corrected chi connectivity index (χ2v) is 12.0. The summed E-state index contributed by atoms with van der Waals surface area (Å²) in [7, 11) is 0. The summed E-state index contributed by atoms with van der Waals surface area (Å²) in [5.74, 6) is 2.44. The fourth-order valence-corrected chi connectivity index (χ4v) is 6.62. The molecule has 1 amide bonds. The molecule has 0 saturated carbocycles. The van der Waals surface area contributed by atoms with Gasteiger partial charge in [-0.15, -0.1) is 0 Å². The third-order valence-electron chi connectivity index (χ3n) is 7.46. The minimum atomic E-state index is -0.260. The number of benzene rings is 1. The first-order chi connectivity index (χ1) is 18.8. The molecule has 0 spiro atoms. The highest BCUT2D eigenvalue weighted by molar-refractivity contribution is 8.26. The second kappa shape index (κ2) is 11.4. The van der Waals surface area contributed by atoms with E-state index >= 15 is 0 Å². The summed E-state index contributed by atoms with van der Waals surface area (Å²) in [5.41, 5.74) is 2.10. The Morgan fingerprint density at radius 1 is 1.26 bits per heavy atom. The molecule has 2 saturated heterocycles. The zero-order valence-corrected chi connectivity index (χ0v) is 24.1. The Kier molecular flexibility index (Phi) is 8.01. The highest BCUT2D eigenvalue weighted by Gasteiger charge is 2.34. The molecule has 3 aliphatic heterocycles. The third-order valence-corrected chi connectivity index (χ3v) is 8.84. The molecule has 3 aliphatic rings. The second-order valence-electron chi connectivity index (χ2n) is 10.3. The molecule has 1 atom stereocenters. The van der Waals surface area contributed by atoms with E-state index in [2.05, 4.69) is 24.8 Å². The Morgan fingerprint density at radius 3 is 2.79 bits per heavy atom. The number of hydrogen-bond acceptors (Lipinski definition) is 8. The highest BCUT2D eigenvalue weighted by Crippen LogP contribution is 2.38. The average molecular weight is 565 g/mol. The van der Waals surface area contributed by atoms with E-state index in [1.807, 2.05) is 24.3 Å². The van der Waals surface area contributed by atoms with E-state index in [0.29, 0.717) is 45.3 Å². The van der Waals surface area contributed by atoms with Crippen LogP contribution in [0.5, 0.6) is 11.5 Å². The molecule has 0 aliphatic carbocycles. The number of thiocarbonyl (C=S) groups is 1. The summed E-state index contributed by atoms with van der Waals surface area (Å²) < 4.78 is 13.1. The summed E-state index contributed by atoms with van der Waals surface area (Å²) in [5, 5.41) is 9.93. The number of carbonyl (C=O) groups is 1. The number of hydrogen-bond donors (Lipinski definition) is 0. The molecule has 8 nitrogen and oxygen atoms in total. The van der Waals surface area contributed by atoms with Crippen LogP contribution in [0.4, 0.5) is 5.82 Å². The molecular formula is C29H32N4O4S2. The fourth-order valence-electron chi connectivity index (χ4n) is 5.38. The first-order valence-corrected chi connectivity index (χ1v) is 14.6. The maximum absolute atomic E-state index is 13.6. The van der Waals surface area contributed by atoms with Crippen LogP contribution in [-0.4, -0.2) is 39.6 Å². The van der Waals surface area contributed by atoms with Gasteiger partial charge >= 0.3 is 0 Å². The van der Waals surface area contributed by atoms with Crippen molar-refractivity contribution in [2.45, 2.75) is 59.5 Å². The molecule has 0 radical (unpaired) electrons. The summed E-state index contributed by atoms with van der Waals surface area (Å²) in [6.07, 6.45) is 5.75. The number of piperidine rings is 1. The molecule has 204 valence electrons. The Bertz CT molecular complexity index is 1460. The Labute approximate surface area is 238 Å². The summed E-state index contributed by atoms with van der Waals surface area (Å²) in [6.45, 7) is 8.78. The smallest absolute Gasteiger partial charge is 0.270 e. The normalized spacial score (nSPS) is 19.7. The molecule has 10 heteroatoms. The lowest BCUT2D eigenvalue weighted by Gasteiger charge is -2.36. The van der Waals surface area contributed by atoms with Crippen LogP contribution in [0.3, 0.4) is 0 Å². The molecule has 1 aromatic carbocycles. The predicted octanol–water partition coefficient (Wildman–Crippen LogP) is 5.19. The van der Waals surface area contributed by atoms with Crippen molar-refractivity contribution in [3.63, 3.8) is 0 Å². The minimum absolute atomic E-state index is 0.127. The maximum Gasteiger partial charge on any atom is 0.270 e. The zero-order valence-electron chi connectivity index (χ0n) is 22.5. The summed E-state index contributed by atoms with van der Waals surface area (Å²) >= 11 is 6.87. The number of nitrogens with zero attached hydrogens (tertiary/aromatic N) is 4. The van der Waals surface area contributed by atoms with Gasteiger partial charge in [0.05, 0.1) is 11.4 Å². The van der Waals surface area contributed by atoms with Gasteiger partial charge in [0.25, 0.3) is 11.5 Å². The number of ether oxygens (including phenoxy) is 2. The number of nitriles is 1. The van der Waals surface area contributed by atoms with Crippen molar-refractivity contribution >= 4 is 46.1 Å². The molecule has 2 aromatic rings. The predicted molar refractivity (Wildman–Crippen MR) is 157 cm³/mol. The Morgan fingerprint density at radius 2 is 2.05 bits per heavy atom. The Hall–Kier alpha value is -3.29. The number of unbranched alkanes of at least 4 members (excludes halogenated alkanes) is 1. The number of anilines is 1. The van der Waals surface area contributed by atoms with Gasteiger partial charge in [0.15, 0.2) is 11.5 Å². The molecule has 2 fully saturated rings. The van der Waals surface area contributed by atoms with Crippen LogP contribution in [-0.2, 0) is 17.9 Å². The molecule has 0 bridgehead atoms. The van der Waals surface area contributed by atoms with Gasteiger partial charge < -0.3 is 14.4 Å². The van der Waals surface area contributed by atoms with Gasteiger partial charge in [-0.1, -0.05) is 50.3 Å². The molecule has 1 aromatic heterocycles. The van der Waals surface area contributed by atoms with Crippen LogP contribution in [0.1, 0.15) is 61.8 Å². The van der Waals surface area contributed by atoms with Gasteiger partial charge in [-0.3, -0.25) is 19.1 Å². The number of rotatable bonds is 7. The highest BCUT2D eigenvalue weighted by atomic mass is 32.2. The van der Waals surface area contributed by atoms with Crippen molar-refractivity contribution in [3.8, 4) is 17.6 Å². The molecule has 5 rings (SSSR count). The van der Waals surface area contributed by atoms with E-state index in [1.165, 1.54) is 11.8 Å². The zero-order chi connectivity index (χ0) is 27.7. The van der Waals surface area contributed by atoms with E-state index in [1.54, 1.807) is 16.4 Å². The third kappa shape index (κ3) is 5.30. The van der Waals surface area contributed by atoms with Crippen LogP contribution < -0.4 is 19.9 Å². The van der Waals surface area contributed by atoms with Crippen LogP contribution in [0.2, 0.25) is 0 Å². The molecule has 0 N–H and O–H groups in total. The number of fused-ring (bicyclic) bond motifs is 1. The van der Waals surface area contributed by atoms with Gasteiger partial charge in [0.2, 0.25) is 6.79 Å². The lowest BCUT2D eigenvalue weighted by atomic mass is 9.98. The van der Waals surface area contributed by atoms with E-state index in [9.17, 15) is 14.9 Å². The van der Waals surface area contributed by atoms with Crippen molar-refractivity contribution in [2.75, 3.05) is 24.8 Å². The molecule has 4 heterocycles. The molecule has 1 unspecified atom stereocenters. The fraction of sp³-hybridized carbons (Fsp3) is 0.448. The SMILES string of the molecule is CCCCn1c(N2CCCC(C)C2)c(/C=C2\SC(=S)N(Cc3ccc4c(c3)OCO4)C2=O)c(C)c(C#N)c1=O. The monoisotopic (exact) mass is 564 g/mol. The van der Waals surface area contributed by atoms with Gasteiger partial charge in [-0.2, -0.15) is 5.26 Å². The van der Waals surface area contributed by atoms with Crippen LogP contribution in [0.25, 0.3) is 6.08 Å². The topological polar surface area (TPSA) is 87.8 Å². The van der Waals surface area contributed by atoms with Crippen molar-refractivity contribution in [1.82, 2.24) is 9.47 Å². The quantitative estimate of drug-likeness (QED) is 0.335. The Balaban J connectivity index is 1.56. The van der Waals surface area contributed by atoms with Gasteiger partial charge in [-0.05, 0) is 61.4 Å². The number of thioether (sulfide) groups is 1. The molecular weight excluding hydrogens is 532 g/mol. The number of amides is 1. The van der Waals surface area contributed by atoms with Crippen LogP contribution in [0.15, 0.2) is 27.9 Å². The van der Waals surface area contributed by atoms with Gasteiger partial charge in [0.1, 0.15) is 21.8 Å². The van der Waals surface area contributed by atoms with E-state index in [0.717, 1.165) is 55.7 Å². The van der Waals surface area contributed by atoms with Crippen molar-refractivity contribution in [1.29, 1.82) is 5.26 Å². The van der Waals surface area contributed by atoms with Crippen molar-refractivity contribution < 1.29 is 14.3 Å². The minimum Gasteiger partial charge on any atom is -0.454 e. The van der Waals surface area contributed by atoms with Crippen molar-refractivity contribution in [2.24, 2.45) is 5.92 Å². The molecule has 39 heavy (non-hydrogen) atoms. The average Bonchev–Trinajstić information content (AvgIpc) is 3.49.